The van der Waals surface area contributed by atoms with E-state index < -0.39 is 36.4 Å². The molecule has 2 atom stereocenters. The minimum atomic E-state index is -5.08. The molecule has 2 aliphatic heterocycles. The Morgan fingerprint density at radius 2 is 1.52 bits per heavy atom. The number of ether oxygens (including phenoxy) is 1. The Morgan fingerprint density at radius 3 is 2.12 bits per heavy atom. The number of aryl methyl sites for hydroxylation is 1. The zero-order valence-electron chi connectivity index (χ0n) is 30.7. The minimum Gasteiger partial charge on any atom is -0.475 e. The third-order valence-electron chi connectivity index (χ3n) is 8.57. The molecule has 0 fully saturated rings. The highest BCUT2D eigenvalue weighted by Crippen LogP contribution is 2.31. The van der Waals surface area contributed by atoms with Crippen LogP contribution in [0.4, 0.5) is 42.5 Å². The number of carbonyl (C=O) groups is 4. The Labute approximate surface area is 325 Å². The number of hydrogen-bond acceptors (Lipinski definition) is 8. The molecule has 13 nitrogen and oxygen atoms in total. The number of aliphatic carboxylic acids is 2. The van der Waals surface area contributed by atoms with Gasteiger partial charge in [0.1, 0.15) is 6.04 Å². The predicted molar refractivity (Wildman–Crippen MR) is 199 cm³/mol. The lowest BCUT2D eigenvalue weighted by molar-refractivity contribution is -0.193. The molecule has 0 saturated heterocycles. The number of likely N-dealkylation sites (N-methyl/N-ethyl adjacent to an activating group) is 1. The first-order chi connectivity index (χ1) is 27.1. The van der Waals surface area contributed by atoms with Crippen LogP contribution in [-0.2, 0) is 25.7 Å². The van der Waals surface area contributed by atoms with Crippen LogP contribution in [0, 0.1) is 6.92 Å². The molecular formula is C39H35F6N5O8. The van der Waals surface area contributed by atoms with E-state index in [1.807, 2.05) is 80.6 Å². The fourth-order valence-electron chi connectivity index (χ4n) is 5.77. The number of anilines is 2. The summed E-state index contributed by atoms with van der Waals surface area (Å²) in [5.74, 6) is -5.73. The van der Waals surface area contributed by atoms with Crippen molar-refractivity contribution in [2.75, 3.05) is 24.3 Å². The maximum Gasteiger partial charge on any atom is 0.490 e. The monoisotopic (exact) mass is 815 g/mol. The predicted octanol–water partition coefficient (Wildman–Crippen LogP) is 7.64. The van der Waals surface area contributed by atoms with Gasteiger partial charge >= 0.3 is 30.4 Å². The molecule has 4 bridgehead atoms. The van der Waals surface area contributed by atoms with E-state index in [-0.39, 0.29) is 30.5 Å². The summed E-state index contributed by atoms with van der Waals surface area (Å²) in [6.45, 7) is 4.46. The zero-order chi connectivity index (χ0) is 42.9. The van der Waals surface area contributed by atoms with Gasteiger partial charge in [0.05, 0.1) is 6.61 Å². The minimum absolute atomic E-state index is 0.0654. The van der Waals surface area contributed by atoms with Gasteiger partial charge in [0.2, 0.25) is 5.91 Å². The SMILES string of the molecule is Cc1cc2ccc1[C@@H](C)COC(=O)Nc1ccc(-c3ccncc3)c(c1)CN(C)C(=O)[C@@H]2Nc1ccc2cc[nH]c(=O)c2c1.O=C(O)C(F)(F)F.O=C(O)C(F)(F)F. The zero-order valence-corrected chi connectivity index (χ0v) is 30.7. The molecular weight excluding hydrogens is 780 g/mol. The van der Waals surface area contributed by atoms with Crippen molar-refractivity contribution in [1.29, 1.82) is 0 Å². The average molecular weight is 816 g/mol. The summed E-state index contributed by atoms with van der Waals surface area (Å²) >= 11 is 0. The van der Waals surface area contributed by atoms with Crippen LogP contribution in [0.5, 0.6) is 0 Å². The summed E-state index contributed by atoms with van der Waals surface area (Å²) in [6.07, 6.45) is -5.64. The summed E-state index contributed by atoms with van der Waals surface area (Å²) in [5.41, 5.74) is 6.51. The van der Waals surface area contributed by atoms with Crippen molar-refractivity contribution in [3.8, 4) is 11.1 Å². The molecule has 19 heteroatoms. The number of aromatic amines is 1. The molecule has 0 saturated carbocycles. The standard InChI is InChI=1S/C35H33N5O4.2C2HF3O2/c1-21-16-25-5-8-29(21)22(2)20-44-35(43)39-27-7-9-30(24-10-13-36-14-11-24)26(17-27)19-40(3)34(42)32(25)38-28-6-4-23-12-15-37-33(41)31(23)18-28;2*3-2(4,5)1(6)7/h4-18,22,32,38H,19-20H2,1-3H3,(H,37,41)(H,39,43);2*(H,6,7)/t22-,32+;;/m0../s1. The van der Waals surface area contributed by atoms with Gasteiger partial charge in [-0.15, -0.1) is 0 Å². The maximum absolute atomic E-state index is 14.3. The number of benzene rings is 3. The number of pyridine rings is 2. The van der Waals surface area contributed by atoms with E-state index in [0.29, 0.717) is 16.8 Å². The van der Waals surface area contributed by atoms with Gasteiger partial charge in [0.15, 0.2) is 0 Å². The summed E-state index contributed by atoms with van der Waals surface area (Å²) in [7, 11) is 1.76. The Morgan fingerprint density at radius 1 is 0.879 bits per heavy atom. The Balaban J connectivity index is 0.000000456. The molecule has 7 rings (SSSR count). The molecule has 0 spiro atoms. The van der Waals surface area contributed by atoms with Crippen molar-refractivity contribution >= 4 is 46.1 Å². The molecule has 4 heterocycles. The highest BCUT2D eigenvalue weighted by molar-refractivity contribution is 5.90. The maximum atomic E-state index is 14.3. The highest BCUT2D eigenvalue weighted by atomic mass is 19.4. The lowest BCUT2D eigenvalue weighted by Gasteiger charge is -2.28. The van der Waals surface area contributed by atoms with Gasteiger partial charge in [-0.05, 0) is 88.2 Å². The quantitative estimate of drug-likeness (QED) is 0.113. The largest absolute Gasteiger partial charge is 0.490 e. The van der Waals surface area contributed by atoms with Gasteiger partial charge in [-0.25, -0.2) is 14.4 Å². The van der Waals surface area contributed by atoms with E-state index in [1.54, 1.807) is 36.6 Å². The normalized spacial score (nSPS) is 15.8. The second-order valence-corrected chi connectivity index (χ2v) is 12.8. The fraction of sp³-hybridized carbons (Fsp3) is 0.231. The van der Waals surface area contributed by atoms with Crippen LogP contribution < -0.4 is 16.2 Å². The van der Waals surface area contributed by atoms with Crippen molar-refractivity contribution in [3.63, 3.8) is 0 Å². The van der Waals surface area contributed by atoms with Crippen LogP contribution in [0.3, 0.4) is 0 Å². The van der Waals surface area contributed by atoms with Gasteiger partial charge < -0.3 is 30.2 Å². The van der Waals surface area contributed by atoms with Crippen molar-refractivity contribution in [2.24, 2.45) is 0 Å². The number of rotatable bonds is 3. The van der Waals surface area contributed by atoms with Crippen LogP contribution in [-0.4, -0.2) is 75.0 Å². The number of nitrogens with one attached hydrogen (secondary N) is 3. The van der Waals surface area contributed by atoms with Gasteiger partial charge in [0.25, 0.3) is 5.56 Å². The third kappa shape index (κ3) is 11.6. The van der Waals surface area contributed by atoms with Gasteiger partial charge in [0, 0.05) is 54.9 Å². The number of aromatic nitrogens is 2. The van der Waals surface area contributed by atoms with Crippen LogP contribution in [0.1, 0.15) is 41.1 Å². The van der Waals surface area contributed by atoms with Gasteiger partial charge in [-0.2, -0.15) is 26.3 Å². The van der Waals surface area contributed by atoms with Gasteiger partial charge in [-0.1, -0.05) is 37.3 Å². The first-order valence-electron chi connectivity index (χ1n) is 17.0. The number of fused-ring (bicyclic) bond motifs is 10. The first kappa shape index (κ1) is 43.8. The van der Waals surface area contributed by atoms with E-state index >= 15 is 0 Å². The highest BCUT2D eigenvalue weighted by Gasteiger charge is 2.39. The molecule has 0 aliphatic carbocycles. The molecule has 5 aromatic rings. The Hall–Kier alpha value is -6.92. The fourth-order valence-corrected chi connectivity index (χ4v) is 5.77. The van der Waals surface area contributed by atoms with Crippen molar-refractivity contribution < 1.29 is 60.5 Å². The second kappa shape index (κ2) is 18.4. The van der Waals surface area contributed by atoms with Crippen LogP contribution in [0.2, 0.25) is 0 Å². The first-order valence-corrected chi connectivity index (χ1v) is 17.0. The van der Waals surface area contributed by atoms with E-state index in [9.17, 15) is 40.7 Å². The molecule has 2 amide bonds. The lowest BCUT2D eigenvalue weighted by Crippen LogP contribution is -2.35. The summed E-state index contributed by atoms with van der Waals surface area (Å²) in [5, 5.41) is 21.9. The van der Waals surface area contributed by atoms with Crippen LogP contribution in [0.15, 0.2) is 96.2 Å². The number of alkyl halides is 6. The number of H-pyrrole nitrogens is 1. The topological polar surface area (TPSA) is 191 Å². The third-order valence-corrected chi connectivity index (χ3v) is 8.57. The average Bonchev–Trinajstić information content (AvgIpc) is 3.16. The van der Waals surface area contributed by atoms with E-state index in [2.05, 4.69) is 20.6 Å². The van der Waals surface area contributed by atoms with E-state index in [0.717, 1.165) is 38.8 Å². The molecule has 306 valence electrons. The molecule has 3 aromatic carbocycles. The number of carboxylic acid groups (broad SMARTS) is 2. The Kier molecular flexibility index (Phi) is 13.9. The summed E-state index contributed by atoms with van der Waals surface area (Å²) in [4.78, 5) is 65.9. The van der Waals surface area contributed by atoms with E-state index in [1.165, 1.54) is 0 Å². The number of halogens is 6. The number of carbonyl (C=O) groups excluding carboxylic acids is 2. The summed E-state index contributed by atoms with van der Waals surface area (Å²) < 4.78 is 69.1. The van der Waals surface area contributed by atoms with Crippen molar-refractivity contribution in [1.82, 2.24) is 14.9 Å². The number of nitrogens with zero attached hydrogens (tertiary/aromatic N) is 2. The van der Waals surface area contributed by atoms with Gasteiger partial charge in [-0.3, -0.25) is 19.9 Å². The number of carboxylic acids is 2. The lowest BCUT2D eigenvalue weighted by atomic mass is 9.92. The number of amides is 2. The molecule has 0 radical (unpaired) electrons. The number of hydrogen-bond donors (Lipinski definition) is 5. The molecule has 2 aliphatic rings. The molecule has 0 unspecified atom stereocenters. The summed E-state index contributed by atoms with van der Waals surface area (Å²) in [6, 6.07) is 22.0. The van der Waals surface area contributed by atoms with Crippen molar-refractivity contribution in [2.45, 2.75) is 44.7 Å². The Bertz CT molecular complexity index is 2330. The second-order valence-electron chi connectivity index (χ2n) is 12.8. The van der Waals surface area contributed by atoms with E-state index in [4.69, 9.17) is 24.5 Å². The smallest absolute Gasteiger partial charge is 0.475 e. The molecule has 58 heavy (non-hydrogen) atoms. The van der Waals surface area contributed by atoms with Crippen LogP contribution in [0.25, 0.3) is 21.9 Å². The molecule has 5 N–H and O–H groups in total. The van der Waals surface area contributed by atoms with Crippen LogP contribution >= 0.6 is 0 Å². The van der Waals surface area contributed by atoms with Crippen molar-refractivity contribution in [3.05, 3.63) is 124 Å². The molecule has 2 aromatic heterocycles.